The lowest BCUT2D eigenvalue weighted by Crippen LogP contribution is -2.13. The third-order valence-corrected chi connectivity index (χ3v) is 4.64. The zero-order valence-corrected chi connectivity index (χ0v) is 16.8. The van der Waals surface area contributed by atoms with E-state index in [9.17, 15) is 10.2 Å². The van der Waals surface area contributed by atoms with Crippen molar-refractivity contribution in [2.75, 3.05) is 0 Å². The lowest BCUT2D eigenvalue weighted by atomic mass is 9.80. The quantitative estimate of drug-likeness (QED) is 0.651. The van der Waals surface area contributed by atoms with Crippen molar-refractivity contribution in [3.63, 3.8) is 0 Å². The predicted molar refractivity (Wildman–Crippen MR) is 113 cm³/mol. The molecule has 0 aliphatic heterocycles. The van der Waals surface area contributed by atoms with Crippen LogP contribution in [0, 0.1) is 0 Å². The number of hydrogen-bond acceptors (Lipinski definition) is 2. The summed E-state index contributed by atoms with van der Waals surface area (Å²) in [6.07, 6.45) is 3.52. The van der Waals surface area contributed by atoms with Crippen LogP contribution in [0.5, 0.6) is 11.5 Å². The standard InChI is InChI=1S/C24H30O2/c1-9-15-11-17(21(25)19(13-15)23(3,4)5)18-12-16(10-2)14-20(22(18)26)24(6,7)8/h9-14,25-26H,1-2H2,3-8H3. The molecule has 0 aliphatic carbocycles. The van der Waals surface area contributed by atoms with Crippen LogP contribution < -0.4 is 0 Å². The van der Waals surface area contributed by atoms with Crippen LogP contribution in [0.3, 0.4) is 0 Å². The maximum atomic E-state index is 11.0. The average Bonchev–Trinajstić information content (AvgIpc) is 2.53. The van der Waals surface area contributed by atoms with Crippen molar-refractivity contribution in [1.82, 2.24) is 0 Å². The van der Waals surface area contributed by atoms with E-state index in [1.165, 1.54) is 0 Å². The lowest BCUT2D eigenvalue weighted by molar-refractivity contribution is 0.440. The highest BCUT2D eigenvalue weighted by Crippen LogP contribution is 2.46. The second kappa shape index (κ2) is 6.68. The van der Waals surface area contributed by atoms with E-state index in [0.717, 1.165) is 22.3 Å². The molecule has 138 valence electrons. The number of benzene rings is 2. The largest absolute Gasteiger partial charge is 0.507 e. The number of aromatic hydroxyl groups is 2. The first-order chi connectivity index (χ1) is 11.9. The highest BCUT2D eigenvalue weighted by atomic mass is 16.3. The molecule has 0 heterocycles. The topological polar surface area (TPSA) is 40.5 Å². The molecule has 0 saturated heterocycles. The van der Waals surface area contributed by atoms with Crippen molar-refractivity contribution in [1.29, 1.82) is 0 Å². The highest BCUT2D eigenvalue weighted by molar-refractivity contribution is 5.82. The fraction of sp³-hybridized carbons (Fsp3) is 0.333. The van der Waals surface area contributed by atoms with Gasteiger partial charge in [0, 0.05) is 22.3 Å². The summed E-state index contributed by atoms with van der Waals surface area (Å²) in [4.78, 5) is 0. The van der Waals surface area contributed by atoms with E-state index in [1.54, 1.807) is 12.2 Å². The molecule has 0 aliphatic rings. The Kier molecular flexibility index (Phi) is 5.10. The fourth-order valence-corrected chi connectivity index (χ4v) is 3.10. The molecule has 0 aromatic heterocycles. The van der Waals surface area contributed by atoms with Crippen LogP contribution in [0.25, 0.3) is 23.3 Å². The zero-order valence-electron chi connectivity index (χ0n) is 16.8. The molecule has 2 N–H and O–H groups in total. The van der Waals surface area contributed by atoms with Gasteiger partial charge in [0.1, 0.15) is 11.5 Å². The Morgan fingerprint density at radius 3 is 1.19 bits per heavy atom. The van der Waals surface area contributed by atoms with Gasteiger partial charge in [0.05, 0.1) is 0 Å². The van der Waals surface area contributed by atoms with Gasteiger partial charge in [-0.25, -0.2) is 0 Å². The summed E-state index contributed by atoms with van der Waals surface area (Å²) in [7, 11) is 0. The van der Waals surface area contributed by atoms with Crippen molar-refractivity contribution >= 4 is 12.2 Å². The highest BCUT2D eigenvalue weighted by Gasteiger charge is 2.26. The number of hydrogen-bond donors (Lipinski definition) is 2. The summed E-state index contributed by atoms with van der Waals surface area (Å²) < 4.78 is 0. The third-order valence-electron chi connectivity index (χ3n) is 4.64. The number of phenolic OH excluding ortho intramolecular Hbond substituents is 2. The molecule has 0 fully saturated rings. The first-order valence-electron chi connectivity index (χ1n) is 8.90. The van der Waals surface area contributed by atoms with Gasteiger partial charge in [0.25, 0.3) is 0 Å². The average molecular weight is 351 g/mol. The minimum absolute atomic E-state index is 0.194. The fourth-order valence-electron chi connectivity index (χ4n) is 3.10. The van der Waals surface area contributed by atoms with Gasteiger partial charge in [0.2, 0.25) is 0 Å². The lowest BCUT2D eigenvalue weighted by Gasteiger charge is -2.26. The van der Waals surface area contributed by atoms with Gasteiger partial charge < -0.3 is 10.2 Å². The molecule has 0 atom stereocenters. The van der Waals surface area contributed by atoms with Gasteiger partial charge in [-0.3, -0.25) is 0 Å². The molecule has 2 aromatic rings. The van der Waals surface area contributed by atoms with Gasteiger partial charge in [0.15, 0.2) is 0 Å². The molecular weight excluding hydrogens is 320 g/mol. The van der Waals surface area contributed by atoms with Crippen LogP contribution in [0.15, 0.2) is 37.4 Å². The van der Waals surface area contributed by atoms with Gasteiger partial charge in [-0.2, -0.15) is 0 Å². The summed E-state index contributed by atoms with van der Waals surface area (Å²) in [5, 5.41) is 22.0. The molecule has 0 unspecified atom stereocenters. The van der Waals surface area contributed by atoms with Gasteiger partial charge in [-0.05, 0) is 46.2 Å². The molecule has 2 heteroatoms. The summed E-state index contributed by atoms with van der Waals surface area (Å²) >= 11 is 0. The van der Waals surface area contributed by atoms with Crippen LogP contribution in [0.4, 0.5) is 0 Å². The van der Waals surface area contributed by atoms with Crippen molar-refractivity contribution in [2.24, 2.45) is 0 Å². The molecule has 2 nitrogen and oxygen atoms in total. The van der Waals surface area contributed by atoms with E-state index in [0.29, 0.717) is 11.1 Å². The molecule has 2 rings (SSSR count). The van der Waals surface area contributed by atoms with Crippen LogP contribution in [-0.2, 0) is 10.8 Å². The zero-order chi connectivity index (χ0) is 19.9. The summed E-state index contributed by atoms with van der Waals surface area (Å²) in [5.74, 6) is 0.388. The van der Waals surface area contributed by atoms with E-state index in [2.05, 4.69) is 54.7 Å². The Balaban J connectivity index is 2.92. The number of rotatable bonds is 3. The molecule has 26 heavy (non-hydrogen) atoms. The first kappa shape index (κ1) is 19.8. The molecule has 0 saturated carbocycles. The Bertz CT molecular complexity index is 786. The maximum Gasteiger partial charge on any atom is 0.127 e. The predicted octanol–water partition coefficient (Wildman–Crippen LogP) is 6.65. The Morgan fingerprint density at radius 2 is 0.962 bits per heavy atom. The van der Waals surface area contributed by atoms with Gasteiger partial charge >= 0.3 is 0 Å². The van der Waals surface area contributed by atoms with Crippen molar-refractivity contribution in [3.05, 3.63) is 59.7 Å². The third kappa shape index (κ3) is 3.70. The second-order valence-electron chi connectivity index (χ2n) is 8.84. The molecule has 0 spiro atoms. The van der Waals surface area contributed by atoms with Crippen LogP contribution in [0.2, 0.25) is 0 Å². The normalized spacial score (nSPS) is 12.1. The molecule has 0 radical (unpaired) electrons. The van der Waals surface area contributed by atoms with Crippen molar-refractivity contribution < 1.29 is 10.2 Å². The first-order valence-corrected chi connectivity index (χ1v) is 8.90. The molecular formula is C24H30O2. The van der Waals surface area contributed by atoms with Crippen LogP contribution in [0.1, 0.15) is 63.8 Å². The minimum Gasteiger partial charge on any atom is -0.507 e. The van der Waals surface area contributed by atoms with Gasteiger partial charge in [-0.15, -0.1) is 0 Å². The monoisotopic (exact) mass is 350 g/mol. The van der Waals surface area contributed by atoms with Crippen LogP contribution >= 0.6 is 0 Å². The SMILES string of the molecule is C=Cc1cc(-c2cc(C=C)cc(C(C)(C)C)c2O)c(O)c(C(C)(C)C)c1. The Hall–Kier alpha value is -2.48. The van der Waals surface area contributed by atoms with E-state index in [1.807, 2.05) is 24.3 Å². The second-order valence-corrected chi connectivity index (χ2v) is 8.84. The molecule has 0 bridgehead atoms. The maximum absolute atomic E-state index is 11.0. The smallest absolute Gasteiger partial charge is 0.127 e. The van der Waals surface area contributed by atoms with Crippen LogP contribution in [-0.4, -0.2) is 10.2 Å². The summed E-state index contributed by atoms with van der Waals surface area (Å²) in [6, 6.07) is 7.63. The van der Waals surface area contributed by atoms with Gasteiger partial charge in [-0.1, -0.05) is 66.9 Å². The van der Waals surface area contributed by atoms with E-state index >= 15 is 0 Å². The number of phenols is 2. The molecule has 0 amide bonds. The van der Waals surface area contributed by atoms with E-state index < -0.39 is 0 Å². The Labute approximate surface area is 157 Å². The Morgan fingerprint density at radius 1 is 0.654 bits per heavy atom. The van der Waals surface area contributed by atoms with E-state index in [4.69, 9.17) is 0 Å². The molecule has 2 aromatic carbocycles. The summed E-state index contributed by atoms with van der Waals surface area (Å²) in [6.45, 7) is 20.1. The minimum atomic E-state index is -0.240. The van der Waals surface area contributed by atoms with Crippen molar-refractivity contribution in [2.45, 2.75) is 52.4 Å². The van der Waals surface area contributed by atoms with Crippen molar-refractivity contribution in [3.8, 4) is 22.6 Å². The van der Waals surface area contributed by atoms with E-state index in [-0.39, 0.29) is 22.3 Å². The summed E-state index contributed by atoms with van der Waals surface area (Å²) in [5.41, 5.74) is 4.20.